The van der Waals surface area contributed by atoms with Crippen LogP contribution in [0.15, 0.2) is 36.0 Å². The van der Waals surface area contributed by atoms with E-state index in [9.17, 15) is 0 Å². The lowest BCUT2D eigenvalue weighted by molar-refractivity contribution is 0.510. The lowest BCUT2D eigenvalue weighted by Crippen LogP contribution is -2.11. The summed E-state index contributed by atoms with van der Waals surface area (Å²) in [5.74, 6) is 0.504. The van der Waals surface area contributed by atoms with Gasteiger partial charge >= 0.3 is 0 Å². The molecule has 0 fully saturated rings. The van der Waals surface area contributed by atoms with Gasteiger partial charge in [-0.1, -0.05) is 52.5 Å². The lowest BCUT2D eigenvalue weighted by atomic mass is 9.80. The Bertz CT molecular complexity index is 246. The van der Waals surface area contributed by atoms with E-state index in [1.807, 2.05) is 0 Å². The van der Waals surface area contributed by atoms with E-state index in [2.05, 4.69) is 52.5 Å². The summed E-state index contributed by atoms with van der Waals surface area (Å²) < 4.78 is 0. The van der Waals surface area contributed by atoms with Crippen LogP contribution in [0.4, 0.5) is 0 Å². The largest absolute Gasteiger partial charge is 0.0952 e. The van der Waals surface area contributed by atoms with Crippen LogP contribution in [-0.2, 0) is 0 Å². The molecule has 0 N–H and O–H groups in total. The summed E-state index contributed by atoms with van der Waals surface area (Å²) in [6.45, 7) is 12.9. The molecule has 0 radical (unpaired) electrons. The molecule has 1 unspecified atom stereocenters. The molecule has 0 aromatic carbocycles. The number of hydrogen-bond donors (Lipinski definition) is 0. The molecule has 0 saturated carbocycles. The van der Waals surface area contributed by atoms with E-state index >= 15 is 0 Å². The molecule has 12 heavy (non-hydrogen) atoms. The number of hydrogen-bond acceptors (Lipinski definition) is 0. The zero-order valence-corrected chi connectivity index (χ0v) is 8.52. The summed E-state index contributed by atoms with van der Waals surface area (Å²) in [7, 11) is 0. The van der Waals surface area contributed by atoms with Crippen LogP contribution in [0.2, 0.25) is 0 Å². The van der Waals surface area contributed by atoms with Crippen molar-refractivity contribution < 1.29 is 0 Å². The Hall–Kier alpha value is -0.780. The van der Waals surface area contributed by atoms with E-state index in [0.29, 0.717) is 5.92 Å². The normalized spacial score (nSPS) is 24.2. The average molecular weight is 162 g/mol. The molecule has 1 aliphatic carbocycles. The highest BCUT2D eigenvalue weighted by Crippen LogP contribution is 2.32. The summed E-state index contributed by atoms with van der Waals surface area (Å²) in [6, 6.07) is 0. The Balaban J connectivity index is 2.91. The Morgan fingerprint density at radius 3 is 2.25 bits per heavy atom. The van der Waals surface area contributed by atoms with Crippen LogP contribution < -0.4 is 0 Å². The third-order valence-corrected chi connectivity index (χ3v) is 2.36. The van der Waals surface area contributed by atoms with Crippen LogP contribution in [0.25, 0.3) is 0 Å². The minimum absolute atomic E-state index is 0.269. The Labute approximate surface area is 75.7 Å². The van der Waals surface area contributed by atoms with Crippen LogP contribution in [0, 0.1) is 11.3 Å². The first-order valence-electron chi connectivity index (χ1n) is 4.50. The lowest BCUT2D eigenvalue weighted by Gasteiger charge is -2.25. The van der Waals surface area contributed by atoms with Crippen molar-refractivity contribution in [2.45, 2.75) is 27.7 Å². The number of rotatable bonds is 0. The van der Waals surface area contributed by atoms with Crippen molar-refractivity contribution in [3.8, 4) is 0 Å². The van der Waals surface area contributed by atoms with Crippen molar-refractivity contribution in [3.63, 3.8) is 0 Å². The second kappa shape index (κ2) is 2.93. The van der Waals surface area contributed by atoms with Gasteiger partial charge in [-0.25, -0.2) is 0 Å². The van der Waals surface area contributed by atoms with Gasteiger partial charge in [0.2, 0.25) is 0 Å². The van der Waals surface area contributed by atoms with Crippen molar-refractivity contribution in [1.82, 2.24) is 0 Å². The molecule has 0 heteroatoms. The van der Waals surface area contributed by atoms with Gasteiger partial charge < -0.3 is 0 Å². The molecule has 0 heterocycles. The van der Waals surface area contributed by atoms with Crippen LogP contribution in [0.3, 0.4) is 0 Å². The van der Waals surface area contributed by atoms with Gasteiger partial charge in [0, 0.05) is 0 Å². The average Bonchev–Trinajstić information content (AvgIpc) is 1.92. The molecule has 1 rings (SSSR count). The molecule has 0 spiro atoms. The van der Waals surface area contributed by atoms with Gasteiger partial charge in [0.15, 0.2) is 0 Å². The van der Waals surface area contributed by atoms with Gasteiger partial charge in [0.25, 0.3) is 0 Å². The Kier molecular flexibility index (Phi) is 2.27. The van der Waals surface area contributed by atoms with E-state index in [-0.39, 0.29) is 5.41 Å². The van der Waals surface area contributed by atoms with Gasteiger partial charge in [0.05, 0.1) is 0 Å². The molecule has 0 amide bonds. The van der Waals surface area contributed by atoms with E-state index < -0.39 is 0 Å². The summed E-state index contributed by atoms with van der Waals surface area (Å²) in [6.07, 6.45) is 6.62. The maximum Gasteiger partial charge on any atom is -0.00103 e. The second-order valence-electron chi connectivity index (χ2n) is 4.57. The molecular formula is C12H18. The summed E-state index contributed by atoms with van der Waals surface area (Å²) in [5, 5.41) is 0. The molecule has 0 aliphatic heterocycles. The molecule has 1 atom stereocenters. The first-order valence-corrected chi connectivity index (χ1v) is 4.50. The van der Waals surface area contributed by atoms with Crippen molar-refractivity contribution in [2.75, 3.05) is 0 Å². The van der Waals surface area contributed by atoms with Crippen LogP contribution in [0.5, 0.6) is 0 Å². The monoisotopic (exact) mass is 162 g/mol. The standard InChI is InChI=1S/C12H18/c1-9-6-7-11(8-10(9)2)12(3,4)5/h6-8,10H,1H2,2-5H3. The third-order valence-electron chi connectivity index (χ3n) is 2.36. The Morgan fingerprint density at radius 1 is 1.25 bits per heavy atom. The topological polar surface area (TPSA) is 0 Å². The zero-order valence-electron chi connectivity index (χ0n) is 8.52. The van der Waals surface area contributed by atoms with Gasteiger partial charge in [-0.05, 0) is 22.5 Å². The summed E-state index contributed by atoms with van der Waals surface area (Å²) >= 11 is 0. The fraction of sp³-hybridized carbons (Fsp3) is 0.500. The minimum atomic E-state index is 0.269. The zero-order chi connectivity index (χ0) is 9.35. The molecular weight excluding hydrogens is 144 g/mol. The SMILES string of the molecule is C=C1C=CC(C(C)(C)C)=CC1C. The predicted octanol–water partition coefficient (Wildman–Crippen LogP) is 3.72. The molecule has 1 aliphatic rings. The predicted molar refractivity (Wildman–Crippen MR) is 55.0 cm³/mol. The van der Waals surface area contributed by atoms with Crippen molar-refractivity contribution in [2.24, 2.45) is 11.3 Å². The molecule has 0 bridgehead atoms. The highest BCUT2D eigenvalue weighted by molar-refractivity contribution is 5.38. The molecule has 66 valence electrons. The highest BCUT2D eigenvalue weighted by atomic mass is 14.2. The first kappa shape index (κ1) is 9.31. The van der Waals surface area contributed by atoms with Crippen molar-refractivity contribution in [3.05, 3.63) is 36.0 Å². The fourth-order valence-electron chi connectivity index (χ4n) is 1.28. The van der Waals surface area contributed by atoms with Gasteiger partial charge in [-0.2, -0.15) is 0 Å². The van der Waals surface area contributed by atoms with Crippen LogP contribution in [-0.4, -0.2) is 0 Å². The van der Waals surface area contributed by atoms with Crippen molar-refractivity contribution in [1.29, 1.82) is 0 Å². The molecule has 0 aromatic heterocycles. The minimum Gasteiger partial charge on any atom is -0.0952 e. The quantitative estimate of drug-likeness (QED) is 0.509. The fourth-order valence-corrected chi connectivity index (χ4v) is 1.28. The van der Waals surface area contributed by atoms with E-state index in [4.69, 9.17) is 0 Å². The van der Waals surface area contributed by atoms with Crippen molar-refractivity contribution >= 4 is 0 Å². The Morgan fingerprint density at radius 2 is 1.83 bits per heavy atom. The smallest absolute Gasteiger partial charge is 0.00103 e. The first-order chi connectivity index (χ1) is 5.41. The van der Waals surface area contributed by atoms with Gasteiger partial charge in [0.1, 0.15) is 0 Å². The number of allylic oxidation sites excluding steroid dienone is 5. The summed E-state index contributed by atoms with van der Waals surface area (Å²) in [4.78, 5) is 0. The molecule has 0 nitrogen and oxygen atoms in total. The third kappa shape index (κ3) is 1.88. The molecule has 0 saturated heterocycles. The van der Waals surface area contributed by atoms with E-state index in [1.165, 1.54) is 11.1 Å². The highest BCUT2D eigenvalue weighted by Gasteiger charge is 2.18. The van der Waals surface area contributed by atoms with Gasteiger partial charge in [-0.3, -0.25) is 0 Å². The maximum absolute atomic E-state index is 3.98. The van der Waals surface area contributed by atoms with Crippen LogP contribution in [0.1, 0.15) is 27.7 Å². The summed E-state index contributed by atoms with van der Waals surface area (Å²) in [5.41, 5.74) is 2.90. The molecule has 0 aromatic rings. The van der Waals surface area contributed by atoms with E-state index in [1.54, 1.807) is 0 Å². The maximum atomic E-state index is 3.98. The second-order valence-corrected chi connectivity index (χ2v) is 4.57. The van der Waals surface area contributed by atoms with Gasteiger partial charge in [-0.15, -0.1) is 0 Å². The van der Waals surface area contributed by atoms with E-state index in [0.717, 1.165) is 0 Å². The van der Waals surface area contributed by atoms with Crippen LogP contribution >= 0.6 is 0 Å².